The van der Waals surface area contributed by atoms with Crippen molar-refractivity contribution in [3.8, 4) is 34.0 Å². The molecular weight excluding hydrogens is 1250 g/mol. The van der Waals surface area contributed by atoms with E-state index in [4.69, 9.17) is 43.7 Å². The van der Waals surface area contributed by atoms with Crippen LogP contribution in [0.3, 0.4) is 0 Å². The number of rotatable bonds is 6. The Morgan fingerprint density at radius 2 is 0.453 bits per heavy atom. The molecule has 0 unspecified atom stereocenters. The van der Waals surface area contributed by atoms with E-state index in [9.17, 15) is 25.2 Å². The van der Waals surface area contributed by atoms with Crippen LogP contribution in [0.5, 0.6) is 0 Å². The van der Waals surface area contributed by atoms with Crippen LogP contribution in [0.2, 0.25) is 0 Å². The van der Waals surface area contributed by atoms with Crippen LogP contribution in [0.25, 0.3) is 0 Å². The predicted octanol–water partition coefficient (Wildman–Crippen LogP) is 10.2. The molecule has 6 rings (SSSR count). The van der Waals surface area contributed by atoms with Crippen molar-refractivity contribution in [3.05, 3.63) is 182 Å². The fourth-order valence-corrected chi connectivity index (χ4v) is 15.2. The van der Waals surface area contributed by atoms with Crippen LogP contribution in [-0.4, -0.2) is 84.5 Å². The Labute approximate surface area is 456 Å². The van der Waals surface area contributed by atoms with Gasteiger partial charge < -0.3 is 13.7 Å². The molecule has 0 aliphatic heterocycles. The molecule has 0 saturated heterocycles. The van der Waals surface area contributed by atoms with Gasteiger partial charge in [0.2, 0.25) is 0 Å². The van der Waals surface area contributed by atoms with E-state index in [0.717, 1.165) is 31.8 Å². The zero-order valence-corrected chi connectivity index (χ0v) is 50.0. The summed E-state index contributed by atoms with van der Waals surface area (Å²) < 4.78 is 157. The molecule has 75 heavy (non-hydrogen) atoms. The quantitative estimate of drug-likeness (QED) is 0.0510. The van der Waals surface area contributed by atoms with Gasteiger partial charge in [-0.3, -0.25) is 4.79 Å². The van der Waals surface area contributed by atoms with Gasteiger partial charge in [0.15, 0.2) is 21.8 Å². The molecule has 0 fully saturated rings. The zero-order chi connectivity index (χ0) is 56.7. The van der Waals surface area contributed by atoms with Crippen molar-refractivity contribution in [1.29, 1.82) is 0 Å². The maximum absolute atomic E-state index is 12.5. The maximum atomic E-state index is 12.5. The normalized spacial score (nSPS) is 10.7. The molecule has 0 N–H and O–H groups in total. The molecule has 0 amide bonds. The molecular formula is C49H49F6O10P6RhS3. The summed E-state index contributed by atoms with van der Waals surface area (Å²) in [4.78, 5) is 7.50. The summed E-state index contributed by atoms with van der Waals surface area (Å²) in [5.41, 5.74) is 14.9. The summed E-state index contributed by atoms with van der Waals surface area (Å²) in [5.74, 6) is 0. The molecule has 0 aliphatic rings. The fourth-order valence-electron chi connectivity index (χ4n) is 5.60. The summed E-state index contributed by atoms with van der Waals surface area (Å²) in [5, 5.41) is 6.20. The molecule has 0 spiro atoms. The second kappa shape index (κ2) is 37.1. The first-order chi connectivity index (χ1) is 34.4. The second-order valence-electron chi connectivity index (χ2n) is 14.5. The molecule has 26 heteroatoms. The van der Waals surface area contributed by atoms with Gasteiger partial charge in [-0.15, -0.1) is 0 Å². The molecule has 6 aromatic rings. The molecule has 0 aromatic heterocycles. The van der Waals surface area contributed by atoms with Gasteiger partial charge in [-0.05, 0) is 72.8 Å². The van der Waals surface area contributed by atoms with E-state index in [1.807, 2.05) is 202 Å². The Hall–Kier alpha value is -3.82. The molecule has 0 saturated carbocycles. The van der Waals surface area contributed by atoms with Crippen LogP contribution in [-0.2, 0) is 54.6 Å². The standard InChI is InChI=1S/3C15H13F2P2.3CH4O3S.CO.Rh.H/c3*1-19(13-12-18(16)17,14-8-4-2-5-9-14)15-10-6-3-7-11-15;3*1-5(2,3)4;1-2;;/h3*2-11H,1H3;3*1H3,(H,2,3,4);;;/q3*+1;;;;;;/p-3. The van der Waals surface area contributed by atoms with Crippen molar-refractivity contribution >= 4 is 116 Å². The first kappa shape index (κ1) is 73.3. The topological polar surface area (TPSA) is 189 Å². The minimum absolute atomic E-state index is 0. The minimum atomic E-state index is -3.92. The number of hydrogen-bond acceptors (Lipinski definition) is 10. The van der Waals surface area contributed by atoms with Gasteiger partial charge in [0, 0.05) is 35.8 Å². The SMILES string of the molecule is CS(=O)(=O)[O-].CS(=O)(=O)[O-].CS(=O)(=O)[O-].C[P+](C#CP(F)F)(c1ccccc1)c1ccccc1.C[P+](C#CP(F)F)(c1ccccc1)c1ccccc1.C[P+](C#CP(F)F)(c1ccccc1)c1ccccc1.[C]=O.[RhH]. The Kier molecular flexibility index (Phi) is 36.2. The summed E-state index contributed by atoms with van der Waals surface area (Å²) in [6, 6.07) is 58.2. The number of carbonyl (C=O) groups excluding carboxylic acids is 1. The van der Waals surface area contributed by atoms with Gasteiger partial charge in [0.05, 0.1) is 67.3 Å². The molecule has 6 aromatic carbocycles. The van der Waals surface area contributed by atoms with Crippen LogP contribution in [0.4, 0.5) is 25.2 Å². The number of benzene rings is 6. The third-order valence-electron chi connectivity index (χ3n) is 8.71. The van der Waals surface area contributed by atoms with Crippen molar-refractivity contribution in [1.82, 2.24) is 0 Å². The van der Waals surface area contributed by atoms with Crippen LogP contribution < -0.4 is 31.8 Å². The van der Waals surface area contributed by atoms with Crippen molar-refractivity contribution in [3.63, 3.8) is 0 Å². The summed E-state index contributed by atoms with van der Waals surface area (Å²) >= 11 is 0. The predicted molar refractivity (Wildman–Crippen MR) is 300 cm³/mol. The van der Waals surface area contributed by atoms with Crippen molar-refractivity contribution in [2.75, 3.05) is 38.8 Å². The summed E-state index contributed by atoms with van der Waals surface area (Å²) in [6.07, 6.45) is 1.81. The summed E-state index contributed by atoms with van der Waals surface area (Å²) in [6.45, 7) is 10.5. The molecule has 404 valence electrons. The number of halogens is 6. The molecule has 0 atom stereocenters. The average molecular weight is 1300 g/mol. The van der Waals surface area contributed by atoms with Crippen LogP contribution in [0.15, 0.2) is 182 Å². The zero-order valence-electron chi connectivity index (χ0n) is 40.4. The van der Waals surface area contributed by atoms with Gasteiger partial charge >= 0.3 is 45.1 Å². The van der Waals surface area contributed by atoms with E-state index < -0.39 is 77.8 Å². The first-order valence-corrected chi connectivity index (χ1v) is 35.7. The van der Waals surface area contributed by atoms with Crippen molar-refractivity contribution in [2.45, 2.75) is 0 Å². The average Bonchev–Trinajstić information content (AvgIpc) is 3.35. The monoisotopic (exact) mass is 1300 g/mol. The fraction of sp³-hybridized carbons (Fsp3) is 0.122. The van der Waals surface area contributed by atoms with Gasteiger partial charge in [-0.2, -0.15) is 25.2 Å². The molecule has 0 aliphatic carbocycles. The third-order valence-corrected chi connectivity index (χ3v) is 19.7. The molecule has 0 heterocycles. The molecule has 10 nitrogen and oxygen atoms in total. The van der Waals surface area contributed by atoms with E-state index in [1.165, 1.54) is 0 Å². The first-order valence-electron chi connectivity index (χ1n) is 20.2. The van der Waals surface area contributed by atoms with Crippen molar-refractivity contribution in [2.24, 2.45) is 0 Å². The van der Waals surface area contributed by atoms with Crippen LogP contribution >= 0.6 is 47.4 Å². The van der Waals surface area contributed by atoms with Crippen molar-refractivity contribution < 1.29 is 88.4 Å². The van der Waals surface area contributed by atoms with E-state index in [2.05, 4.69) is 40.8 Å². The van der Waals surface area contributed by atoms with Crippen LogP contribution in [0.1, 0.15) is 0 Å². The molecule has 3 radical (unpaired) electrons. The summed E-state index contributed by atoms with van der Waals surface area (Å²) in [7, 11) is -27.4. The molecule has 0 bridgehead atoms. The Morgan fingerprint density at radius 1 is 0.347 bits per heavy atom. The van der Waals surface area contributed by atoms with E-state index >= 15 is 0 Å². The van der Waals surface area contributed by atoms with E-state index in [1.54, 1.807) is 0 Å². The van der Waals surface area contributed by atoms with Crippen LogP contribution in [0, 0.1) is 34.0 Å². The van der Waals surface area contributed by atoms with Gasteiger partial charge in [-0.25, -0.2) is 25.3 Å². The Morgan fingerprint density at radius 3 is 0.547 bits per heavy atom. The Balaban J connectivity index is 0. The number of hydrogen-bond donors (Lipinski definition) is 0. The van der Waals surface area contributed by atoms with Gasteiger partial charge in [0.25, 0.3) is 6.79 Å². The van der Waals surface area contributed by atoms with Gasteiger partial charge in [-0.1, -0.05) is 109 Å². The van der Waals surface area contributed by atoms with E-state index in [-0.39, 0.29) is 19.5 Å². The third kappa shape index (κ3) is 33.8. The Bertz CT molecular complexity index is 2630. The van der Waals surface area contributed by atoms with E-state index in [0.29, 0.717) is 18.8 Å². The second-order valence-corrected chi connectivity index (χ2v) is 30.6. The van der Waals surface area contributed by atoms with Gasteiger partial charge in [0.1, 0.15) is 31.8 Å².